The third-order valence-corrected chi connectivity index (χ3v) is 2.89. The molecule has 0 aliphatic heterocycles. The van der Waals surface area contributed by atoms with Gasteiger partial charge in [0.25, 0.3) is 0 Å². The fourth-order valence-electron chi connectivity index (χ4n) is 1.91. The molecule has 0 saturated carbocycles. The van der Waals surface area contributed by atoms with E-state index < -0.39 is 0 Å². The first-order valence-corrected chi connectivity index (χ1v) is 6.37. The van der Waals surface area contributed by atoms with Gasteiger partial charge in [0.1, 0.15) is 11.5 Å². The second-order valence-electron chi connectivity index (χ2n) is 4.45. The summed E-state index contributed by atoms with van der Waals surface area (Å²) in [5.41, 5.74) is 2.13. The van der Waals surface area contributed by atoms with Crippen LogP contribution in [0.5, 0.6) is 11.5 Å². The molecule has 3 nitrogen and oxygen atoms in total. The second-order valence-corrected chi connectivity index (χ2v) is 4.45. The van der Waals surface area contributed by atoms with Crippen molar-refractivity contribution in [2.24, 2.45) is 0 Å². The van der Waals surface area contributed by atoms with Crippen LogP contribution in [0.4, 0.5) is 0 Å². The van der Waals surface area contributed by atoms with Crippen LogP contribution in [-0.2, 0) is 17.6 Å². The summed E-state index contributed by atoms with van der Waals surface area (Å²) < 4.78 is 5.56. The molecular weight excluding hydrogens is 240 g/mol. The van der Waals surface area contributed by atoms with Gasteiger partial charge in [0.05, 0.1) is 13.2 Å². The van der Waals surface area contributed by atoms with Crippen molar-refractivity contribution < 1.29 is 14.9 Å². The maximum atomic E-state index is 9.33. The van der Waals surface area contributed by atoms with Crippen LogP contribution in [-0.4, -0.2) is 23.4 Å². The highest BCUT2D eigenvalue weighted by Crippen LogP contribution is 2.12. The Hall–Kier alpha value is -2.00. The lowest BCUT2D eigenvalue weighted by atomic mass is 10.1. The molecule has 0 atom stereocenters. The molecule has 0 aliphatic rings. The number of phenols is 2. The monoisotopic (exact) mass is 258 g/mol. The lowest BCUT2D eigenvalue weighted by Gasteiger charge is -2.05. The first-order valence-electron chi connectivity index (χ1n) is 6.37. The number of aromatic hydroxyl groups is 2. The van der Waals surface area contributed by atoms with Crippen LogP contribution in [0.2, 0.25) is 0 Å². The largest absolute Gasteiger partial charge is 0.508 e. The van der Waals surface area contributed by atoms with Gasteiger partial charge in [-0.05, 0) is 48.2 Å². The zero-order chi connectivity index (χ0) is 13.5. The fourth-order valence-corrected chi connectivity index (χ4v) is 1.91. The molecule has 0 aromatic heterocycles. The van der Waals surface area contributed by atoms with Crippen LogP contribution in [0.1, 0.15) is 11.1 Å². The zero-order valence-corrected chi connectivity index (χ0v) is 10.7. The van der Waals surface area contributed by atoms with Crippen molar-refractivity contribution in [3.8, 4) is 11.5 Å². The van der Waals surface area contributed by atoms with Crippen LogP contribution in [0.25, 0.3) is 0 Å². The smallest absolute Gasteiger partial charge is 0.115 e. The van der Waals surface area contributed by atoms with E-state index in [1.165, 1.54) is 0 Å². The molecule has 0 amide bonds. The molecule has 0 aliphatic carbocycles. The highest BCUT2D eigenvalue weighted by molar-refractivity contribution is 5.27. The highest BCUT2D eigenvalue weighted by atomic mass is 16.5. The van der Waals surface area contributed by atoms with Crippen molar-refractivity contribution in [3.05, 3.63) is 59.7 Å². The average Bonchev–Trinajstić information content (AvgIpc) is 2.38. The summed E-state index contributed by atoms with van der Waals surface area (Å²) in [6.07, 6.45) is 1.57. The van der Waals surface area contributed by atoms with E-state index in [-0.39, 0.29) is 11.5 Å². The van der Waals surface area contributed by atoms with E-state index in [1.54, 1.807) is 24.3 Å². The normalized spacial score (nSPS) is 10.5. The number of hydrogen-bond acceptors (Lipinski definition) is 3. The number of rotatable bonds is 6. The lowest BCUT2D eigenvalue weighted by molar-refractivity contribution is 0.140. The van der Waals surface area contributed by atoms with Crippen LogP contribution in [0, 0.1) is 0 Å². The zero-order valence-electron chi connectivity index (χ0n) is 10.7. The van der Waals surface area contributed by atoms with E-state index in [4.69, 9.17) is 4.74 Å². The predicted molar refractivity (Wildman–Crippen MR) is 74.4 cm³/mol. The molecular formula is C16H18O3. The van der Waals surface area contributed by atoms with Crippen molar-refractivity contribution in [2.45, 2.75) is 12.8 Å². The summed E-state index contributed by atoms with van der Waals surface area (Å²) in [5.74, 6) is 0.578. The Kier molecular flexibility index (Phi) is 4.81. The molecule has 2 rings (SSSR count). The molecule has 0 bridgehead atoms. The molecule has 2 N–H and O–H groups in total. The summed E-state index contributed by atoms with van der Waals surface area (Å²) in [4.78, 5) is 0. The average molecular weight is 258 g/mol. The Morgan fingerprint density at radius 1 is 0.737 bits per heavy atom. The van der Waals surface area contributed by atoms with Gasteiger partial charge in [0, 0.05) is 0 Å². The third-order valence-electron chi connectivity index (χ3n) is 2.89. The van der Waals surface area contributed by atoms with Crippen molar-refractivity contribution in [1.82, 2.24) is 0 Å². The SMILES string of the molecule is Oc1cccc(CCOCCc2cccc(O)c2)c1. The maximum Gasteiger partial charge on any atom is 0.115 e. The first-order chi connectivity index (χ1) is 9.24. The van der Waals surface area contributed by atoms with Crippen molar-refractivity contribution in [3.63, 3.8) is 0 Å². The molecule has 2 aromatic rings. The number of benzene rings is 2. The molecule has 2 aromatic carbocycles. The van der Waals surface area contributed by atoms with Crippen LogP contribution in [0.15, 0.2) is 48.5 Å². The van der Waals surface area contributed by atoms with E-state index >= 15 is 0 Å². The Morgan fingerprint density at radius 3 is 1.63 bits per heavy atom. The summed E-state index contributed by atoms with van der Waals surface area (Å²) in [7, 11) is 0. The predicted octanol–water partition coefficient (Wildman–Crippen LogP) is 2.90. The molecule has 100 valence electrons. The van der Waals surface area contributed by atoms with Crippen LogP contribution in [0.3, 0.4) is 0 Å². The van der Waals surface area contributed by atoms with E-state index in [2.05, 4.69) is 0 Å². The molecule has 3 heteroatoms. The molecule has 0 saturated heterocycles. The maximum absolute atomic E-state index is 9.33. The molecule has 0 unspecified atom stereocenters. The Bertz CT molecular complexity index is 475. The van der Waals surface area contributed by atoms with Crippen LogP contribution < -0.4 is 0 Å². The third kappa shape index (κ3) is 4.64. The van der Waals surface area contributed by atoms with Gasteiger partial charge in [-0.2, -0.15) is 0 Å². The van der Waals surface area contributed by atoms with Gasteiger partial charge in [0.15, 0.2) is 0 Å². The summed E-state index contributed by atoms with van der Waals surface area (Å²) in [6.45, 7) is 1.25. The summed E-state index contributed by atoms with van der Waals surface area (Å²) in [5, 5.41) is 18.7. The lowest BCUT2D eigenvalue weighted by Crippen LogP contribution is -2.02. The van der Waals surface area contributed by atoms with Crippen LogP contribution >= 0.6 is 0 Å². The minimum absolute atomic E-state index is 0.289. The molecule has 19 heavy (non-hydrogen) atoms. The fraction of sp³-hybridized carbons (Fsp3) is 0.250. The van der Waals surface area contributed by atoms with E-state index in [9.17, 15) is 10.2 Å². The van der Waals surface area contributed by atoms with E-state index in [0.717, 1.165) is 24.0 Å². The number of phenolic OH excluding ortho intramolecular Hbond substituents is 2. The van der Waals surface area contributed by atoms with Gasteiger partial charge in [-0.1, -0.05) is 24.3 Å². The van der Waals surface area contributed by atoms with Crippen molar-refractivity contribution in [2.75, 3.05) is 13.2 Å². The molecule has 0 radical (unpaired) electrons. The van der Waals surface area contributed by atoms with Crippen molar-refractivity contribution >= 4 is 0 Å². The van der Waals surface area contributed by atoms with Gasteiger partial charge in [-0.25, -0.2) is 0 Å². The first kappa shape index (κ1) is 13.4. The standard InChI is InChI=1S/C16H18O3/c17-15-5-1-3-13(11-15)7-9-19-10-8-14-4-2-6-16(18)12-14/h1-6,11-12,17-18H,7-10H2. The Morgan fingerprint density at radius 2 is 1.21 bits per heavy atom. The van der Waals surface area contributed by atoms with Gasteiger partial charge in [-0.3, -0.25) is 0 Å². The molecule has 0 heterocycles. The second kappa shape index (κ2) is 6.81. The number of hydrogen-bond donors (Lipinski definition) is 2. The number of ether oxygens (including phenoxy) is 1. The van der Waals surface area contributed by atoms with Crippen molar-refractivity contribution in [1.29, 1.82) is 0 Å². The Labute approximate surface area is 113 Å². The van der Waals surface area contributed by atoms with E-state index in [0.29, 0.717) is 13.2 Å². The Balaban J connectivity index is 1.67. The van der Waals surface area contributed by atoms with Gasteiger partial charge in [0.2, 0.25) is 0 Å². The van der Waals surface area contributed by atoms with Gasteiger partial charge in [-0.15, -0.1) is 0 Å². The summed E-state index contributed by atoms with van der Waals surface area (Å²) in [6, 6.07) is 14.4. The van der Waals surface area contributed by atoms with Gasteiger partial charge >= 0.3 is 0 Å². The highest BCUT2D eigenvalue weighted by Gasteiger charge is 1.97. The minimum Gasteiger partial charge on any atom is -0.508 e. The topological polar surface area (TPSA) is 49.7 Å². The van der Waals surface area contributed by atoms with E-state index in [1.807, 2.05) is 24.3 Å². The summed E-state index contributed by atoms with van der Waals surface area (Å²) >= 11 is 0. The quantitative estimate of drug-likeness (QED) is 0.783. The molecule has 0 spiro atoms. The molecule has 0 fully saturated rings. The minimum atomic E-state index is 0.289. The van der Waals surface area contributed by atoms with Gasteiger partial charge < -0.3 is 14.9 Å².